The first-order valence-electron chi connectivity index (χ1n) is 6.11. The Kier molecular flexibility index (Phi) is 6.08. The molecule has 0 heterocycles. The lowest BCUT2D eigenvalue weighted by molar-refractivity contribution is 0.303. The van der Waals surface area contributed by atoms with E-state index in [9.17, 15) is 8.42 Å². The Morgan fingerprint density at radius 1 is 1.31 bits per heavy atom. The fourth-order valence-corrected chi connectivity index (χ4v) is 4.01. The van der Waals surface area contributed by atoms with Gasteiger partial charge in [0.1, 0.15) is 0 Å². The molecule has 5 heteroatoms. The molecule has 0 aromatic rings. The second-order valence-corrected chi connectivity index (χ2v) is 6.92. The Bertz CT molecular complexity index is 286. The van der Waals surface area contributed by atoms with Crippen molar-refractivity contribution < 1.29 is 8.42 Å². The van der Waals surface area contributed by atoms with Crippen molar-refractivity contribution in [2.24, 2.45) is 5.92 Å². The van der Waals surface area contributed by atoms with Crippen molar-refractivity contribution in [1.29, 1.82) is 0 Å². The van der Waals surface area contributed by atoms with Crippen LogP contribution in [0.15, 0.2) is 0 Å². The third-order valence-electron chi connectivity index (χ3n) is 3.27. The average molecular weight is 268 g/mol. The molecule has 0 unspecified atom stereocenters. The first-order chi connectivity index (χ1) is 7.55. The molecule has 0 aliphatic heterocycles. The van der Waals surface area contributed by atoms with Crippen molar-refractivity contribution in [2.45, 2.75) is 51.5 Å². The van der Waals surface area contributed by atoms with Crippen molar-refractivity contribution in [2.75, 3.05) is 11.6 Å². The molecule has 1 aliphatic rings. The van der Waals surface area contributed by atoms with Gasteiger partial charge >= 0.3 is 0 Å². The lowest BCUT2D eigenvalue weighted by Gasteiger charge is -2.28. The molecule has 1 rings (SSSR count). The molecule has 0 aromatic carbocycles. The van der Waals surface area contributed by atoms with Crippen LogP contribution in [0.4, 0.5) is 0 Å². The molecule has 0 aromatic heterocycles. The Labute approximate surface area is 104 Å². The molecule has 1 saturated carbocycles. The summed E-state index contributed by atoms with van der Waals surface area (Å²) in [6.45, 7) is 1.98. The fourth-order valence-electron chi connectivity index (χ4n) is 2.32. The van der Waals surface area contributed by atoms with E-state index in [0.717, 1.165) is 12.8 Å². The molecule has 1 aliphatic carbocycles. The molecular formula is C11H22ClNO2S. The maximum atomic E-state index is 11.7. The summed E-state index contributed by atoms with van der Waals surface area (Å²) in [6.07, 6.45) is 6.59. The van der Waals surface area contributed by atoms with E-state index in [1.807, 2.05) is 6.92 Å². The van der Waals surface area contributed by atoms with Crippen LogP contribution in [0.5, 0.6) is 0 Å². The van der Waals surface area contributed by atoms with Crippen LogP contribution < -0.4 is 4.72 Å². The van der Waals surface area contributed by atoms with Crippen LogP contribution >= 0.6 is 11.6 Å². The van der Waals surface area contributed by atoms with Gasteiger partial charge in [-0.15, -0.1) is 11.6 Å². The molecule has 1 atom stereocenters. The van der Waals surface area contributed by atoms with Gasteiger partial charge in [0.15, 0.2) is 0 Å². The van der Waals surface area contributed by atoms with Crippen molar-refractivity contribution in [3.63, 3.8) is 0 Å². The summed E-state index contributed by atoms with van der Waals surface area (Å²) in [5.41, 5.74) is 0. The highest BCUT2D eigenvalue weighted by atomic mass is 35.5. The van der Waals surface area contributed by atoms with Crippen molar-refractivity contribution >= 4 is 21.6 Å². The first-order valence-corrected chi connectivity index (χ1v) is 8.30. The predicted octanol–water partition coefficient (Wildman–Crippen LogP) is 2.50. The smallest absolute Gasteiger partial charge is 0.211 e. The maximum Gasteiger partial charge on any atom is 0.211 e. The van der Waals surface area contributed by atoms with Gasteiger partial charge in [-0.25, -0.2) is 13.1 Å². The topological polar surface area (TPSA) is 46.2 Å². The van der Waals surface area contributed by atoms with Gasteiger partial charge in [0.2, 0.25) is 10.0 Å². The molecule has 0 radical (unpaired) electrons. The molecule has 1 N–H and O–H groups in total. The van der Waals surface area contributed by atoms with Gasteiger partial charge in [-0.2, -0.15) is 0 Å². The molecule has 3 nitrogen and oxygen atoms in total. The van der Waals surface area contributed by atoms with Gasteiger partial charge in [0, 0.05) is 11.9 Å². The van der Waals surface area contributed by atoms with Crippen LogP contribution in [0, 0.1) is 5.92 Å². The third-order valence-corrected chi connectivity index (χ3v) is 5.09. The monoisotopic (exact) mass is 267 g/mol. The number of hydrogen-bond donors (Lipinski definition) is 1. The Balaban J connectivity index is 2.39. The zero-order chi connectivity index (χ0) is 12.0. The molecular weight excluding hydrogens is 246 g/mol. The van der Waals surface area contributed by atoms with Gasteiger partial charge in [-0.3, -0.25) is 0 Å². The lowest BCUT2D eigenvalue weighted by Crippen LogP contribution is -2.40. The lowest BCUT2D eigenvalue weighted by atomic mass is 9.85. The van der Waals surface area contributed by atoms with Crippen LogP contribution in [0.1, 0.15) is 45.4 Å². The van der Waals surface area contributed by atoms with E-state index in [1.54, 1.807) is 0 Å². The summed E-state index contributed by atoms with van der Waals surface area (Å²) in [4.78, 5) is 0. The molecule has 0 spiro atoms. The Morgan fingerprint density at radius 2 is 1.94 bits per heavy atom. The van der Waals surface area contributed by atoms with E-state index < -0.39 is 10.0 Å². The molecule has 96 valence electrons. The van der Waals surface area contributed by atoms with Crippen LogP contribution in [0.2, 0.25) is 0 Å². The molecule has 0 bridgehead atoms. The van der Waals surface area contributed by atoms with Crippen molar-refractivity contribution in [1.82, 2.24) is 4.72 Å². The quantitative estimate of drug-likeness (QED) is 0.752. The second-order valence-electron chi connectivity index (χ2n) is 4.67. The normalized spacial score (nSPS) is 20.9. The predicted molar refractivity (Wildman–Crippen MR) is 68.3 cm³/mol. The minimum Gasteiger partial charge on any atom is -0.212 e. The number of hydrogen-bond acceptors (Lipinski definition) is 2. The fraction of sp³-hybridized carbons (Fsp3) is 1.00. The van der Waals surface area contributed by atoms with Gasteiger partial charge < -0.3 is 0 Å². The summed E-state index contributed by atoms with van der Waals surface area (Å²) in [5, 5.41) is 0. The number of alkyl halides is 1. The van der Waals surface area contributed by atoms with Crippen LogP contribution in [0.3, 0.4) is 0 Å². The number of sulfonamides is 1. The number of nitrogens with one attached hydrogen (secondary N) is 1. The molecule has 1 fully saturated rings. The molecule has 0 amide bonds. The third kappa shape index (κ3) is 5.02. The summed E-state index contributed by atoms with van der Waals surface area (Å²) in [7, 11) is -3.13. The van der Waals surface area contributed by atoms with Crippen molar-refractivity contribution in [3.05, 3.63) is 0 Å². The SMILES string of the molecule is C[C@H](NS(=O)(=O)CCCCl)C1CCCCC1. The highest BCUT2D eigenvalue weighted by Crippen LogP contribution is 2.26. The second kappa shape index (κ2) is 6.82. The Hall–Kier alpha value is 0.200. The highest BCUT2D eigenvalue weighted by molar-refractivity contribution is 7.89. The van der Waals surface area contributed by atoms with E-state index >= 15 is 0 Å². The van der Waals surface area contributed by atoms with E-state index in [1.165, 1.54) is 19.3 Å². The van der Waals surface area contributed by atoms with Gasteiger partial charge in [0.25, 0.3) is 0 Å². The minimum absolute atomic E-state index is 0.0700. The summed E-state index contributed by atoms with van der Waals surface area (Å²) < 4.78 is 26.1. The minimum atomic E-state index is -3.13. The number of rotatable bonds is 6. The summed E-state index contributed by atoms with van der Waals surface area (Å²) >= 11 is 5.50. The largest absolute Gasteiger partial charge is 0.212 e. The van der Waals surface area contributed by atoms with E-state index in [2.05, 4.69) is 4.72 Å². The Morgan fingerprint density at radius 3 is 2.50 bits per heavy atom. The van der Waals surface area contributed by atoms with Crippen LogP contribution in [-0.2, 0) is 10.0 Å². The summed E-state index contributed by atoms with van der Waals surface area (Å²) in [6, 6.07) is 0.0700. The van der Waals surface area contributed by atoms with E-state index in [-0.39, 0.29) is 11.8 Å². The van der Waals surface area contributed by atoms with Crippen LogP contribution in [-0.4, -0.2) is 26.1 Å². The first kappa shape index (κ1) is 14.3. The van der Waals surface area contributed by atoms with E-state index in [4.69, 9.17) is 11.6 Å². The maximum absolute atomic E-state index is 11.7. The highest BCUT2D eigenvalue weighted by Gasteiger charge is 2.23. The van der Waals surface area contributed by atoms with Crippen molar-refractivity contribution in [3.8, 4) is 0 Å². The van der Waals surface area contributed by atoms with Crippen LogP contribution in [0.25, 0.3) is 0 Å². The standard InChI is InChI=1S/C11H22ClNO2S/c1-10(11-6-3-2-4-7-11)13-16(14,15)9-5-8-12/h10-11,13H,2-9H2,1H3/t10-/m0/s1. The number of halogens is 1. The molecule has 0 saturated heterocycles. The zero-order valence-electron chi connectivity index (χ0n) is 9.91. The zero-order valence-corrected chi connectivity index (χ0v) is 11.5. The molecule has 16 heavy (non-hydrogen) atoms. The van der Waals surface area contributed by atoms with Gasteiger partial charge in [0.05, 0.1) is 5.75 Å². The summed E-state index contributed by atoms with van der Waals surface area (Å²) in [5.74, 6) is 1.06. The van der Waals surface area contributed by atoms with E-state index in [0.29, 0.717) is 18.2 Å². The van der Waals surface area contributed by atoms with Gasteiger partial charge in [-0.05, 0) is 32.1 Å². The average Bonchev–Trinajstić information content (AvgIpc) is 2.27. The van der Waals surface area contributed by atoms with Gasteiger partial charge in [-0.1, -0.05) is 19.3 Å².